The highest BCUT2D eigenvalue weighted by atomic mass is 79.9. The molecule has 1 aliphatic heterocycles. The van der Waals surface area contributed by atoms with Gasteiger partial charge in [0.15, 0.2) is 0 Å². The zero-order valence-electron chi connectivity index (χ0n) is 12.6. The maximum Gasteiger partial charge on any atom is 0.0946 e. The van der Waals surface area contributed by atoms with Crippen LogP contribution in [-0.4, -0.2) is 40.6 Å². The second-order valence-corrected chi connectivity index (χ2v) is 6.57. The second-order valence-electron chi connectivity index (χ2n) is 5.66. The highest BCUT2D eigenvalue weighted by molar-refractivity contribution is 9.10. The van der Waals surface area contributed by atoms with Crippen molar-refractivity contribution in [1.29, 1.82) is 0 Å². The van der Waals surface area contributed by atoms with Crippen LogP contribution < -0.4 is 4.90 Å². The SMILES string of the molecule is Brc1ccc2nccc(N3CCOC(Cn4cccn4)C3)c2c1. The van der Waals surface area contributed by atoms with Gasteiger partial charge in [0.1, 0.15) is 0 Å². The van der Waals surface area contributed by atoms with E-state index in [1.54, 1.807) is 6.20 Å². The van der Waals surface area contributed by atoms with Crippen LogP contribution in [0.3, 0.4) is 0 Å². The Labute approximate surface area is 143 Å². The van der Waals surface area contributed by atoms with Crippen molar-refractivity contribution in [2.45, 2.75) is 12.6 Å². The first-order valence-corrected chi connectivity index (χ1v) is 8.47. The molecule has 0 aliphatic carbocycles. The maximum atomic E-state index is 5.91. The molecule has 2 aromatic heterocycles. The van der Waals surface area contributed by atoms with E-state index in [2.05, 4.69) is 43.0 Å². The normalized spacial score (nSPS) is 18.5. The van der Waals surface area contributed by atoms with Crippen LogP contribution in [0.1, 0.15) is 0 Å². The number of morpholine rings is 1. The summed E-state index contributed by atoms with van der Waals surface area (Å²) in [6.45, 7) is 3.24. The summed E-state index contributed by atoms with van der Waals surface area (Å²) < 4.78 is 8.91. The van der Waals surface area contributed by atoms with Crippen molar-refractivity contribution in [1.82, 2.24) is 14.8 Å². The van der Waals surface area contributed by atoms with Crippen LogP contribution >= 0.6 is 15.9 Å². The van der Waals surface area contributed by atoms with Crippen molar-refractivity contribution in [3.05, 3.63) is 53.4 Å². The fourth-order valence-electron chi connectivity index (χ4n) is 3.05. The van der Waals surface area contributed by atoms with E-state index in [4.69, 9.17) is 4.74 Å². The molecule has 1 aromatic carbocycles. The lowest BCUT2D eigenvalue weighted by atomic mass is 10.1. The minimum atomic E-state index is 0.138. The minimum absolute atomic E-state index is 0.138. The molecule has 0 amide bonds. The first kappa shape index (κ1) is 14.7. The first-order chi connectivity index (χ1) is 11.3. The molecule has 118 valence electrons. The van der Waals surface area contributed by atoms with Gasteiger partial charge in [0.2, 0.25) is 0 Å². The molecular weight excluding hydrogens is 356 g/mol. The van der Waals surface area contributed by atoms with Gasteiger partial charge in [-0.05, 0) is 30.3 Å². The van der Waals surface area contributed by atoms with Gasteiger partial charge in [-0.25, -0.2) is 0 Å². The summed E-state index contributed by atoms with van der Waals surface area (Å²) in [6, 6.07) is 10.2. The van der Waals surface area contributed by atoms with Crippen LogP contribution in [0.25, 0.3) is 10.9 Å². The summed E-state index contributed by atoms with van der Waals surface area (Å²) in [5, 5.41) is 5.44. The third-order valence-electron chi connectivity index (χ3n) is 4.11. The predicted molar refractivity (Wildman–Crippen MR) is 93.6 cm³/mol. The Balaban J connectivity index is 1.61. The monoisotopic (exact) mass is 372 g/mol. The van der Waals surface area contributed by atoms with Gasteiger partial charge in [-0.3, -0.25) is 9.67 Å². The van der Waals surface area contributed by atoms with Crippen LogP contribution in [0.2, 0.25) is 0 Å². The predicted octanol–water partition coefficient (Wildman–Crippen LogP) is 3.10. The number of hydrogen-bond acceptors (Lipinski definition) is 4. The Kier molecular flexibility index (Phi) is 4.01. The molecule has 3 aromatic rings. The van der Waals surface area contributed by atoms with E-state index in [9.17, 15) is 0 Å². The molecular formula is C17H17BrN4O. The molecule has 23 heavy (non-hydrogen) atoms. The lowest BCUT2D eigenvalue weighted by Gasteiger charge is -2.35. The molecule has 1 saturated heterocycles. The van der Waals surface area contributed by atoms with Crippen molar-refractivity contribution in [3.8, 4) is 0 Å². The molecule has 1 fully saturated rings. The van der Waals surface area contributed by atoms with Crippen LogP contribution in [0.4, 0.5) is 5.69 Å². The van der Waals surface area contributed by atoms with E-state index in [-0.39, 0.29) is 6.10 Å². The summed E-state index contributed by atoms with van der Waals surface area (Å²) in [7, 11) is 0. The number of halogens is 1. The average Bonchev–Trinajstić information content (AvgIpc) is 3.07. The zero-order chi connectivity index (χ0) is 15.6. The van der Waals surface area contributed by atoms with Crippen LogP contribution in [-0.2, 0) is 11.3 Å². The molecule has 4 rings (SSSR count). The van der Waals surface area contributed by atoms with Gasteiger partial charge < -0.3 is 9.64 Å². The Morgan fingerprint density at radius 3 is 3.09 bits per heavy atom. The molecule has 5 nitrogen and oxygen atoms in total. The van der Waals surface area contributed by atoms with E-state index < -0.39 is 0 Å². The number of fused-ring (bicyclic) bond motifs is 1. The fourth-order valence-corrected chi connectivity index (χ4v) is 3.41. The standard InChI is InChI=1S/C17H17BrN4O/c18-13-2-3-16-15(10-13)17(4-6-19-16)21-8-9-23-14(11-21)12-22-7-1-5-20-22/h1-7,10,14H,8-9,11-12H2. The Bertz CT molecular complexity index is 805. The number of pyridine rings is 1. The third-order valence-corrected chi connectivity index (χ3v) is 4.60. The molecule has 0 radical (unpaired) electrons. The van der Waals surface area contributed by atoms with Crippen molar-refractivity contribution in [2.75, 3.05) is 24.6 Å². The number of anilines is 1. The Hall–Kier alpha value is -1.92. The molecule has 0 bridgehead atoms. The van der Waals surface area contributed by atoms with Crippen molar-refractivity contribution < 1.29 is 4.74 Å². The van der Waals surface area contributed by atoms with Crippen LogP contribution in [0, 0.1) is 0 Å². The fraction of sp³-hybridized carbons (Fsp3) is 0.294. The van der Waals surface area contributed by atoms with E-state index in [1.807, 2.05) is 35.3 Å². The van der Waals surface area contributed by atoms with Crippen molar-refractivity contribution in [2.24, 2.45) is 0 Å². The highest BCUT2D eigenvalue weighted by Gasteiger charge is 2.22. The number of nitrogens with zero attached hydrogens (tertiary/aromatic N) is 4. The van der Waals surface area contributed by atoms with Gasteiger partial charge in [0.05, 0.1) is 24.8 Å². The zero-order valence-corrected chi connectivity index (χ0v) is 14.2. The Morgan fingerprint density at radius 1 is 1.26 bits per heavy atom. The van der Waals surface area contributed by atoms with E-state index in [0.29, 0.717) is 0 Å². The summed E-state index contributed by atoms with van der Waals surface area (Å²) in [4.78, 5) is 6.85. The number of rotatable bonds is 3. The van der Waals surface area contributed by atoms with Gasteiger partial charge in [-0.2, -0.15) is 5.10 Å². The topological polar surface area (TPSA) is 43.2 Å². The minimum Gasteiger partial charge on any atom is -0.373 e. The van der Waals surface area contributed by atoms with Crippen molar-refractivity contribution >= 4 is 32.5 Å². The van der Waals surface area contributed by atoms with E-state index in [0.717, 1.165) is 36.2 Å². The molecule has 6 heteroatoms. The van der Waals surface area contributed by atoms with Gasteiger partial charge in [0.25, 0.3) is 0 Å². The smallest absolute Gasteiger partial charge is 0.0946 e. The first-order valence-electron chi connectivity index (χ1n) is 7.68. The summed E-state index contributed by atoms with van der Waals surface area (Å²) >= 11 is 3.56. The maximum absolute atomic E-state index is 5.91. The van der Waals surface area contributed by atoms with Gasteiger partial charge in [0, 0.05) is 47.2 Å². The molecule has 1 atom stereocenters. The third kappa shape index (κ3) is 3.09. The average molecular weight is 373 g/mol. The molecule has 1 aliphatic rings. The summed E-state index contributed by atoms with van der Waals surface area (Å²) in [6.07, 6.45) is 5.79. The number of aromatic nitrogens is 3. The summed E-state index contributed by atoms with van der Waals surface area (Å²) in [5.74, 6) is 0. The molecule has 3 heterocycles. The molecule has 1 unspecified atom stereocenters. The molecule has 0 spiro atoms. The largest absolute Gasteiger partial charge is 0.373 e. The highest BCUT2D eigenvalue weighted by Crippen LogP contribution is 2.29. The van der Waals surface area contributed by atoms with E-state index >= 15 is 0 Å². The Morgan fingerprint density at radius 2 is 2.22 bits per heavy atom. The van der Waals surface area contributed by atoms with Crippen LogP contribution in [0.15, 0.2) is 53.4 Å². The molecule has 0 N–H and O–H groups in total. The second kappa shape index (κ2) is 6.29. The van der Waals surface area contributed by atoms with Crippen molar-refractivity contribution in [3.63, 3.8) is 0 Å². The lowest BCUT2D eigenvalue weighted by Crippen LogP contribution is -2.44. The van der Waals surface area contributed by atoms with Gasteiger partial charge in [-0.1, -0.05) is 15.9 Å². The summed E-state index contributed by atoms with van der Waals surface area (Å²) in [5.41, 5.74) is 2.23. The van der Waals surface area contributed by atoms with E-state index in [1.165, 1.54) is 11.1 Å². The number of benzene rings is 1. The number of ether oxygens (including phenoxy) is 1. The quantitative estimate of drug-likeness (QED) is 0.708. The molecule has 0 saturated carbocycles. The number of hydrogen-bond donors (Lipinski definition) is 0. The van der Waals surface area contributed by atoms with Crippen LogP contribution in [0.5, 0.6) is 0 Å². The lowest BCUT2D eigenvalue weighted by molar-refractivity contribution is 0.0275. The van der Waals surface area contributed by atoms with Gasteiger partial charge >= 0.3 is 0 Å². The van der Waals surface area contributed by atoms with Gasteiger partial charge in [-0.15, -0.1) is 0 Å².